The minimum Gasteiger partial charge on any atom is -0.368 e. The number of piperidine rings is 1. The topological polar surface area (TPSA) is 80.5 Å². The number of nitrogens with zero attached hydrogens (tertiary/aromatic N) is 1. The summed E-state index contributed by atoms with van der Waals surface area (Å²) in [6.45, 7) is 5.80. The van der Waals surface area contributed by atoms with E-state index in [1.54, 1.807) is 13.8 Å². The fraction of sp³-hybridized carbons (Fsp3) is 0.769. The molecule has 102 valence electrons. The first-order chi connectivity index (χ1) is 8.31. The van der Waals surface area contributed by atoms with Crippen LogP contribution in [0.1, 0.15) is 46.5 Å². The molecular weight excluding hydrogens is 232 g/mol. The van der Waals surface area contributed by atoms with Crippen molar-refractivity contribution in [3.8, 4) is 0 Å². The zero-order valence-corrected chi connectivity index (χ0v) is 11.4. The maximum atomic E-state index is 12.2. The molecule has 1 atom stereocenters. The Hall–Kier alpha value is -1.39. The highest BCUT2D eigenvalue weighted by atomic mass is 16.2. The smallest absolute Gasteiger partial charge is 0.291 e. The molecule has 2 amide bonds. The second-order valence-electron chi connectivity index (χ2n) is 5.48. The molecule has 1 heterocycles. The van der Waals surface area contributed by atoms with Crippen LogP contribution in [-0.4, -0.2) is 35.1 Å². The van der Waals surface area contributed by atoms with Gasteiger partial charge in [-0.2, -0.15) is 0 Å². The molecule has 5 nitrogen and oxygen atoms in total. The van der Waals surface area contributed by atoms with E-state index in [2.05, 4.69) is 0 Å². The lowest BCUT2D eigenvalue weighted by Gasteiger charge is -2.35. The van der Waals surface area contributed by atoms with Crippen molar-refractivity contribution in [1.82, 2.24) is 4.90 Å². The molecule has 0 bridgehead atoms. The van der Waals surface area contributed by atoms with E-state index in [4.69, 9.17) is 5.73 Å². The summed E-state index contributed by atoms with van der Waals surface area (Å²) < 4.78 is 0. The van der Waals surface area contributed by atoms with Crippen molar-refractivity contribution < 1.29 is 14.4 Å². The van der Waals surface area contributed by atoms with Gasteiger partial charge in [0.1, 0.15) is 6.04 Å². The van der Waals surface area contributed by atoms with E-state index in [1.165, 1.54) is 4.90 Å². The molecule has 0 aromatic heterocycles. The van der Waals surface area contributed by atoms with Crippen molar-refractivity contribution in [2.75, 3.05) is 6.54 Å². The highest BCUT2D eigenvalue weighted by molar-refractivity contribution is 6.38. The molecule has 5 heteroatoms. The predicted molar refractivity (Wildman–Crippen MR) is 67.6 cm³/mol. The Labute approximate surface area is 108 Å². The average Bonchev–Trinajstić information content (AvgIpc) is 2.36. The highest BCUT2D eigenvalue weighted by Gasteiger charge is 2.39. The van der Waals surface area contributed by atoms with E-state index in [9.17, 15) is 14.4 Å². The third kappa shape index (κ3) is 2.89. The molecule has 2 N–H and O–H groups in total. The van der Waals surface area contributed by atoms with Crippen LogP contribution in [0.5, 0.6) is 0 Å². The Kier molecular flexibility index (Phi) is 4.48. The maximum Gasteiger partial charge on any atom is 0.291 e. The van der Waals surface area contributed by atoms with Crippen molar-refractivity contribution in [2.24, 2.45) is 11.1 Å². The van der Waals surface area contributed by atoms with Gasteiger partial charge < -0.3 is 10.6 Å². The van der Waals surface area contributed by atoms with Crippen LogP contribution in [-0.2, 0) is 14.4 Å². The first-order valence-corrected chi connectivity index (χ1v) is 6.46. The quantitative estimate of drug-likeness (QED) is 0.755. The second-order valence-corrected chi connectivity index (χ2v) is 5.48. The van der Waals surface area contributed by atoms with Gasteiger partial charge in [0, 0.05) is 12.0 Å². The highest BCUT2D eigenvalue weighted by Crippen LogP contribution is 2.24. The minimum atomic E-state index is -0.684. The van der Waals surface area contributed by atoms with Gasteiger partial charge in [0.25, 0.3) is 5.91 Å². The Morgan fingerprint density at radius 1 is 1.28 bits per heavy atom. The van der Waals surface area contributed by atoms with Crippen molar-refractivity contribution >= 4 is 17.6 Å². The van der Waals surface area contributed by atoms with Gasteiger partial charge in [-0.3, -0.25) is 14.4 Å². The summed E-state index contributed by atoms with van der Waals surface area (Å²) in [5, 5.41) is 0. The van der Waals surface area contributed by atoms with Crippen molar-refractivity contribution in [3.05, 3.63) is 0 Å². The van der Waals surface area contributed by atoms with Gasteiger partial charge in [0.15, 0.2) is 0 Å². The first kappa shape index (κ1) is 14.7. The lowest BCUT2D eigenvalue weighted by molar-refractivity contribution is -0.153. The summed E-state index contributed by atoms with van der Waals surface area (Å²) in [5.41, 5.74) is 4.61. The van der Waals surface area contributed by atoms with E-state index < -0.39 is 29.1 Å². The van der Waals surface area contributed by atoms with Crippen LogP contribution in [0.3, 0.4) is 0 Å². The molecule has 0 saturated carbocycles. The van der Waals surface area contributed by atoms with E-state index in [0.29, 0.717) is 19.4 Å². The Morgan fingerprint density at radius 3 is 2.39 bits per heavy atom. The molecule has 0 aromatic carbocycles. The lowest BCUT2D eigenvalue weighted by atomic mass is 9.84. The molecule has 0 radical (unpaired) electrons. The number of primary amides is 1. The van der Waals surface area contributed by atoms with Gasteiger partial charge in [-0.15, -0.1) is 0 Å². The van der Waals surface area contributed by atoms with Crippen LogP contribution >= 0.6 is 0 Å². The van der Waals surface area contributed by atoms with E-state index in [-0.39, 0.29) is 0 Å². The predicted octanol–water partition coefficient (Wildman–Crippen LogP) is 0.858. The third-order valence-electron chi connectivity index (χ3n) is 3.78. The summed E-state index contributed by atoms with van der Waals surface area (Å²) in [4.78, 5) is 37.0. The monoisotopic (exact) mass is 254 g/mol. The fourth-order valence-electron chi connectivity index (χ4n) is 2.05. The number of amides is 2. The normalized spacial score (nSPS) is 20.6. The molecule has 1 aliphatic rings. The molecule has 0 aliphatic carbocycles. The first-order valence-electron chi connectivity index (χ1n) is 6.46. The molecule has 1 saturated heterocycles. The number of hydrogen-bond acceptors (Lipinski definition) is 3. The largest absolute Gasteiger partial charge is 0.368 e. The number of nitrogens with two attached hydrogens (primary N) is 1. The van der Waals surface area contributed by atoms with Gasteiger partial charge in [-0.1, -0.05) is 20.8 Å². The Balaban J connectivity index is 2.87. The third-order valence-corrected chi connectivity index (χ3v) is 3.78. The van der Waals surface area contributed by atoms with Gasteiger partial charge in [0.05, 0.1) is 0 Å². The van der Waals surface area contributed by atoms with Crippen molar-refractivity contribution in [3.63, 3.8) is 0 Å². The van der Waals surface area contributed by atoms with Crippen LogP contribution in [0.2, 0.25) is 0 Å². The van der Waals surface area contributed by atoms with Crippen LogP contribution in [0.15, 0.2) is 0 Å². The number of likely N-dealkylation sites (tertiary alicyclic amines) is 1. The number of carbonyl (C=O) groups excluding carboxylic acids is 3. The van der Waals surface area contributed by atoms with Gasteiger partial charge >= 0.3 is 0 Å². The Morgan fingerprint density at radius 2 is 1.89 bits per heavy atom. The Bertz CT molecular complexity index is 363. The lowest BCUT2D eigenvalue weighted by Crippen LogP contribution is -2.54. The fourth-order valence-corrected chi connectivity index (χ4v) is 2.05. The average molecular weight is 254 g/mol. The summed E-state index contributed by atoms with van der Waals surface area (Å²) in [6, 6.07) is -0.622. The molecule has 1 rings (SSSR count). The van der Waals surface area contributed by atoms with Gasteiger partial charge in [-0.05, 0) is 25.7 Å². The second kappa shape index (κ2) is 5.50. The molecule has 1 aliphatic heterocycles. The summed E-state index contributed by atoms with van der Waals surface area (Å²) in [5.74, 6) is -1.52. The molecule has 0 aromatic rings. The number of Topliss-reactive ketones (excluding diaryl/α,β-unsaturated/α-hetero) is 1. The molecule has 1 fully saturated rings. The van der Waals surface area contributed by atoms with Crippen molar-refractivity contribution in [2.45, 2.75) is 52.5 Å². The van der Waals surface area contributed by atoms with Crippen LogP contribution in [0.4, 0.5) is 0 Å². The molecule has 0 spiro atoms. The zero-order chi connectivity index (χ0) is 13.9. The molecule has 0 unspecified atom stereocenters. The van der Waals surface area contributed by atoms with Crippen LogP contribution in [0.25, 0.3) is 0 Å². The molecular formula is C13H22N2O3. The number of hydrogen-bond donors (Lipinski definition) is 1. The number of ketones is 1. The summed E-state index contributed by atoms with van der Waals surface area (Å²) >= 11 is 0. The van der Waals surface area contributed by atoms with Crippen molar-refractivity contribution in [1.29, 1.82) is 0 Å². The molecule has 18 heavy (non-hydrogen) atoms. The standard InChI is InChI=1S/C13H22N2O3/c1-4-13(2,3)10(16)12(18)15-8-6-5-7-9(15)11(14)17/h9H,4-8H2,1-3H3,(H2,14,17)/t9-/m0/s1. The van der Waals surface area contributed by atoms with Gasteiger partial charge in [0.2, 0.25) is 11.7 Å². The van der Waals surface area contributed by atoms with E-state index >= 15 is 0 Å². The van der Waals surface area contributed by atoms with Crippen LogP contribution in [0, 0.1) is 5.41 Å². The van der Waals surface area contributed by atoms with Crippen LogP contribution < -0.4 is 5.73 Å². The zero-order valence-electron chi connectivity index (χ0n) is 11.4. The number of rotatable bonds is 4. The summed E-state index contributed by atoms with van der Waals surface area (Å²) in [7, 11) is 0. The number of carbonyl (C=O) groups is 3. The van der Waals surface area contributed by atoms with Gasteiger partial charge in [-0.25, -0.2) is 0 Å². The van der Waals surface area contributed by atoms with E-state index in [1.807, 2.05) is 6.92 Å². The summed E-state index contributed by atoms with van der Waals surface area (Å²) in [6.07, 6.45) is 2.83. The SMILES string of the molecule is CCC(C)(C)C(=O)C(=O)N1CCCC[C@H]1C(N)=O. The van der Waals surface area contributed by atoms with E-state index in [0.717, 1.165) is 12.8 Å². The minimum absolute atomic E-state index is 0.432. The maximum absolute atomic E-state index is 12.2.